The van der Waals surface area contributed by atoms with Gasteiger partial charge in [-0.25, -0.2) is 4.79 Å². The third-order valence-electron chi connectivity index (χ3n) is 4.73. The third kappa shape index (κ3) is 5.55. The van der Waals surface area contributed by atoms with Crippen molar-refractivity contribution in [2.75, 3.05) is 10.7 Å². The Kier molecular flexibility index (Phi) is 7.10. The monoisotopic (exact) mass is 464 g/mol. The molecule has 1 amide bonds. The van der Waals surface area contributed by atoms with Crippen molar-refractivity contribution in [3.8, 4) is 16.9 Å². The highest BCUT2D eigenvalue weighted by Gasteiger charge is 2.16. The lowest BCUT2D eigenvalue weighted by atomic mass is 10.0. The number of nitrogens with zero attached hydrogens (tertiary/aromatic N) is 1. The zero-order valence-electron chi connectivity index (χ0n) is 17.8. The van der Waals surface area contributed by atoms with Gasteiger partial charge in [0, 0.05) is 16.3 Å². The highest BCUT2D eigenvalue weighted by atomic mass is 35.5. The van der Waals surface area contributed by atoms with Gasteiger partial charge in [-0.3, -0.25) is 10.2 Å². The minimum atomic E-state index is -1.08. The number of rotatable bonds is 7. The molecule has 3 aromatic rings. The molecule has 0 spiro atoms. The molecule has 0 saturated carbocycles. The molecule has 33 heavy (non-hydrogen) atoms. The maximum Gasteiger partial charge on any atom is 0.335 e. The highest BCUT2D eigenvalue weighted by molar-refractivity contribution is 6.67. The Labute approximate surface area is 195 Å². The van der Waals surface area contributed by atoms with E-state index in [1.165, 1.54) is 19.1 Å². The molecule has 168 valence electrons. The van der Waals surface area contributed by atoms with E-state index in [9.17, 15) is 19.8 Å². The number of carbonyl (C=O) groups is 2. The van der Waals surface area contributed by atoms with Gasteiger partial charge in [-0.2, -0.15) is 5.10 Å². The zero-order chi connectivity index (χ0) is 24.1. The van der Waals surface area contributed by atoms with Crippen LogP contribution in [0.15, 0.2) is 65.8 Å². The molecule has 0 atom stereocenters. The minimum absolute atomic E-state index is 0.0825. The summed E-state index contributed by atoms with van der Waals surface area (Å²) in [6.07, 6.45) is 0. The van der Waals surface area contributed by atoms with Gasteiger partial charge in [0.25, 0.3) is 5.91 Å². The van der Waals surface area contributed by atoms with E-state index in [0.29, 0.717) is 21.8 Å². The number of halogens is 1. The van der Waals surface area contributed by atoms with Gasteiger partial charge < -0.3 is 20.9 Å². The van der Waals surface area contributed by atoms with Gasteiger partial charge in [0.2, 0.25) is 0 Å². The fourth-order valence-electron chi connectivity index (χ4n) is 3.02. The van der Waals surface area contributed by atoms with E-state index >= 15 is 0 Å². The standard InChI is InChI=1S/C24H21ClN4O4/c1-13-11-17(9-10-19(13)25)27-23(31)21(14(2)26)29-28-20-8-4-7-18(22(20)30)15-5-3-6-16(12-15)24(32)33/h3-12,26,28,30H,1-2H3,(H,27,31)(H,32,33)/b26-14?,29-21-. The number of hydrazone groups is 1. The number of nitrogens with one attached hydrogen (secondary N) is 3. The maximum absolute atomic E-state index is 12.7. The van der Waals surface area contributed by atoms with Crippen LogP contribution in [0.25, 0.3) is 11.1 Å². The number of aromatic carboxylic acids is 1. The summed E-state index contributed by atoms with van der Waals surface area (Å²) >= 11 is 6.01. The first-order chi connectivity index (χ1) is 15.7. The van der Waals surface area contributed by atoms with Crippen molar-refractivity contribution < 1.29 is 19.8 Å². The number of hydrogen-bond acceptors (Lipinski definition) is 6. The molecule has 0 radical (unpaired) electrons. The number of phenols is 1. The second-order valence-electron chi connectivity index (χ2n) is 7.20. The lowest BCUT2D eigenvalue weighted by Gasteiger charge is -2.12. The smallest absolute Gasteiger partial charge is 0.335 e. The summed E-state index contributed by atoms with van der Waals surface area (Å²) < 4.78 is 0. The van der Waals surface area contributed by atoms with Gasteiger partial charge >= 0.3 is 5.97 Å². The second kappa shape index (κ2) is 9.97. The molecule has 0 aliphatic rings. The van der Waals surface area contributed by atoms with Crippen molar-refractivity contribution in [3.63, 3.8) is 0 Å². The average Bonchev–Trinajstić information content (AvgIpc) is 2.77. The van der Waals surface area contributed by atoms with Crippen LogP contribution in [0.4, 0.5) is 11.4 Å². The SMILES string of the molecule is CC(=N)/C(=N/Nc1cccc(-c2cccc(C(=O)O)c2)c1O)C(=O)Nc1ccc(Cl)c(C)c1. The Morgan fingerprint density at radius 2 is 1.79 bits per heavy atom. The van der Waals surface area contributed by atoms with E-state index in [0.717, 1.165) is 5.56 Å². The van der Waals surface area contributed by atoms with Crippen molar-refractivity contribution in [2.45, 2.75) is 13.8 Å². The number of carbonyl (C=O) groups excluding carboxylic acids is 1. The van der Waals surface area contributed by atoms with E-state index in [2.05, 4.69) is 15.8 Å². The van der Waals surface area contributed by atoms with E-state index in [4.69, 9.17) is 17.0 Å². The molecule has 8 nitrogen and oxygen atoms in total. The summed E-state index contributed by atoms with van der Waals surface area (Å²) in [6.45, 7) is 3.22. The van der Waals surface area contributed by atoms with Crippen molar-refractivity contribution in [1.82, 2.24) is 0 Å². The quantitative estimate of drug-likeness (QED) is 0.187. The van der Waals surface area contributed by atoms with Crippen LogP contribution < -0.4 is 10.7 Å². The molecule has 0 unspecified atom stereocenters. The first-order valence-corrected chi connectivity index (χ1v) is 10.2. The van der Waals surface area contributed by atoms with Crippen LogP contribution >= 0.6 is 11.6 Å². The Hall–Kier alpha value is -4.17. The molecule has 0 aliphatic heterocycles. The topological polar surface area (TPSA) is 135 Å². The van der Waals surface area contributed by atoms with E-state index in [1.807, 2.05) is 0 Å². The molecule has 5 N–H and O–H groups in total. The Morgan fingerprint density at radius 1 is 1.06 bits per heavy atom. The summed E-state index contributed by atoms with van der Waals surface area (Å²) in [6, 6.07) is 16.0. The number of aromatic hydroxyl groups is 1. The normalized spacial score (nSPS) is 11.1. The number of carboxylic acids is 1. The molecule has 9 heteroatoms. The van der Waals surface area contributed by atoms with Gasteiger partial charge in [0.05, 0.1) is 17.0 Å². The lowest BCUT2D eigenvalue weighted by Crippen LogP contribution is -2.29. The molecule has 3 aromatic carbocycles. The Balaban J connectivity index is 1.87. The maximum atomic E-state index is 12.7. The predicted molar refractivity (Wildman–Crippen MR) is 130 cm³/mol. The fourth-order valence-corrected chi connectivity index (χ4v) is 3.14. The first-order valence-electron chi connectivity index (χ1n) is 9.80. The van der Waals surface area contributed by atoms with Gasteiger partial charge in [0.1, 0.15) is 5.75 Å². The molecule has 3 rings (SSSR count). The minimum Gasteiger partial charge on any atom is -0.505 e. The van der Waals surface area contributed by atoms with Crippen molar-refractivity contribution >= 4 is 46.3 Å². The molecule has 0 saturated heterocycles. The van der Waals surface area contributed by atoms with E-state index in [1.54, 1.807) is 55.5 Å². The molecular formula is C24H21ClN4O4. The number of phenolic OH excluding ortho intramolecular Hbond substituents is 1. The van der Waals surface area contributed by atoms with Gasteiger partial charge in [-0.15, -0.1) is 0 Å². The van der Waals surface area contributed by atoms with Crippen LogP contribution in [0.5, 0.6) is 5.75 Å². The number of amides is 1. The molecular weight excluding hydrogens is 444 g/mol. The van der Waals surface area contributed by atoms with Crippen LogP contribution in [0, 0.1) is 12.3 Å². The zero-order valence-corrected chi connectivity index (χ0v) is 18.6. The van der Waals surface area contributed by atoms with Crippen molar-refractivity contribution in [3.05, 3.63) is 76.8 Å². The predicted octanol–water partition coefficient (Wildman–Crippen LogP) is 5.17. The first kappa shape index (κ1) is 23.5. The number of para-hydroxylation sites is 1. The lowest BCUT2D eigenvalue weighted by molar-refractivity contribution is -0.110. The number of aryl methyl sites for hydroxylation is 1. The van der Waals surface area contributed by atoms with Crippen LogP contribution in [0.1, 0.15) is 22.8 Å². The molecule has 0 heterocycles. The summed E-state index contributed by atoms with van der Waals surface area (Å²) in [4.78, 5) is 23.9. The largest absolute Gasteiger partial charge is 0.505 e. The Bertz CT molecular complexity index is 1290. The molecule has 0 aliphatic carbocycles. The summed E-state index contributed by atoms with van der Waals surface area (Å²) in [5.41, 5.74) is 4.79. The van der Waals surface area contributed by atoms with Crippen LogP contribution in [0.2, 0.25) is 5.02 Å². The summed E-state index contributed by atoms with van der Waals surface area (Å²) in [5, 5.41) is 35.1. The molecule has 0 fully saturated rings. The Morgan fingerprint density at radius 3 is 2.45 bits per heavy atom. The fraction of sp³-hybridized carbons (Fsp3) is 0.0833. The number of carboxylic acid groups (broad SMARTS) is 1. The molecule has 0 bridgehead atoms. The summed E-state index contributed by atoms with van der Waals surface area (Å²) in [7, 11) is 0. The van der Waals surface area contributed by atoms with Crippen molar-refractivity contribution in [1.29, 1.82) is 5.41 Å². The number of hydrogen-bond donors (Lipinski definition) is 5. The second-order valence-corrected chi connectivity index (χ2v) is 7.61. The van der Waals surface area contributed by atoms with Gasteiger partial charge in [0.15, 0.2) is 5.71 Å². The van der Waals surface area contributed by atoms with E-state index in [-0.39, 0.29) is 28.4 Å². The average molecular weight is 465 g/mol. The van der Waals surface area contributed by atoms with Gasteiger partial charge in [-0.1, -0.05) is 35.9 Å². The number of anilines is 2. The number of benzene rings is 3. The van der Waals surface area contributed by atoms with Crippen LogP contribution in [-0.4, -0.2) is 33.5 Å². The van der Waals surface area contributed by atoms with Crippen LogP contribution in [-0.2, 0) is 4.79 Å². The molecule has 0 aromatic heterocycles. The highest BCUT2D eigenvalue weighted by Crippen LogP contribution is 2.35. The van der Waals surface area contributed by atoms with Gasteiger partial charge in [-0.05, 0) is 61.4 Å². The summed E-state index contributed by atoms with van der Waals surface area (Å²) in [5.74, 6) is -1.87. The third-order valence-corrected chi connectivity index (χ3v) is 5.15. The van der Waals surface area contributed by atoms with E-state index < -0.39 is 11.9 Å². The van der Waals surface area contributed by atoms with Crippen LogP contribution in [0.3, 0.4) is 0 Å². The van der Waals surface area contributed by atoms with Crippen molar-refractivity contribution in [2.24, 2.45) is 5.10 Å².